The van der Waals surface area contributed by atoms with Crippen molar-refractivity contribution in [3.63, 3.8) is 0 Å². The van der Waals surface area contributed by atoms with Gasteiger partial charge in [0.15, 0.2) is 23.0 Å². The van der Waals surface area contributed by atoms with Crippen molar-refractivity contribution >= 4 is 0 Å². The Morgan fingerprint density at radius 2 is 1.74 bits per heavy atom. The zero-order valence-electron chi connectivity index (χ0n) is 23.1. The van der Waals surface area contributed by atoms with Crippen LogP contribution in [-0.2, 0) is 5.41 Å². The second-order valence-electron chi connectivity index (χ2n) is 9.66. The molecule has 0 aromatic heterocycles. The molecular weight excluding hydrogens is 508 g/mol. The maximum Gasteiger partial charge on any atom is 0.242 e. The molecule has 1 N–H and O–H groups in total. The lowest BCUT2D eigenvalue weighted by Gasteiger charge is -2.34. The summed E-state index contributed by atoms with van der Waals surface area (Å²) in [6.07, 6.45) is -1.93. The van der Waals surface area contributed by atoms with E-state index in [4.69, 9.17) is 28.4 Å². The minimum absolute atomic E-state index is 0.0264. The number of para-hydroxylation sites is 2. The summed E-state index contributed by atoms with van der Waals surface area (Å²) >= 11 is 0. The number of ether oxygens (including phenoxy) is 6. The smallest absolute Gasteiger partial charge is 0.242 e. The topological polar surface area (TPSA) is 143 Å². The van der Waals surface area contributed by atoms with Crippen molar-refractivity contribution in [2.45, 2.75) is 56.8 Å². The van der Waals surface area contributed by atoms with Gasteiger partial charge in [-0.25, -0.2) is 0 Å². The number of methoxy groups -OCH3 is 4. The van der Waals surface area contributed by atoms with Gasteiger partial charge in [0.25, 0.3) is 0 Å². The summed E-state index contributed by atoms with van der Waals surface area (Å²) in [7, 11) is 5.84. The minimum atomic E-state index is -1.35. The van der Waals surface area contributed by atoms with Crippen molar-refractivity contribution in [2.24, 2.45) is 5.92 Å². The first-order chi connectivity index (χ1) is 18.7. The molecule has 11 heteroatoms. The fraction of sp³-hybridized carbons (Fsp3) is 0.536. The summed E-state index contributed by atoms with van der Waals surface area (Å²) in [6.45, 7) is 3.87. The standard InChI is InChI=1S/C28H36N2O9/c1-17(2)28(16-29,19-14-24(34-3)26(36-5)27(37-6)25(19)35-4)12-11-21(31)20(30(32)33)13-18-15-38-22-9-7-8-10-23(22)39-18/h7-10,14,17-18,20-21,31H,11-13,15H2,1-6H3. The zero-order chi connectivity index (χ0) is 28.7. The highest BCUT2D eigenvalue weighted by Gasteiger charge is 2.43. The van der Waals surface area contributed by atoms with Crippen LogP contribution < -0.4 is 28.4 Å². The fourth-order valence-electron chi connectivity index (χ4n) is 5.04. The molecule has 0 bridgehead atoms. The highest BCUT2D eigenvalue weighted by molar-refractivity contribution is 5.65. The first-order valence-electron chi connectivity index (χ1n) is 12.7. The van der Waals surface area contributed by atoms with Crippen LogP contribution in [0.25, 0.3) is 0 Å². The molecular formula is C28H36N2O9. The van der Waals surface area contributed by atoms with Gasteiger partial charge in [0.1, 0.15) is 18.8 Å². The number of nitro groups is 1. The largest absolute Gasteiger partial charge is 0.493 e. The fourth-order valence-corrected chi connectivity index (χ4v) is 5.04. The van der Waals surface area contributed by atoms with Gasteiger partial charge in [-0.2, -0.15) is 5.26 Å². The Morgan fingerprint density at radius 3 is 2.28 bits per heavy atom. The van der Waals surface area contributed by atoms with Crippen molar-refractivity contribution in [1.29, 1.82) is 5.26 Å². The lowest BCUT2D eigenvalue weighted by atomic mass is 9.68. The second-order valence-corrected chi connectivity index (χ2v) is 9.66. The average Bonchev–Trinajstić information content (AvgIpc) is 2.94. The summed E-state index contributed by atoms with van der Waals surface area (Å²) in [4.78, 5) is 11.5. The number of hydrogen-bond acceptors (Lipinski definition) is 10. The van der Waals surface area contributed by atoms with Crippen LogP contribution in [-0.4, -0.2) is 63.3 Å². The van der Waals surface area contributed by atoms with Crippen LogP contribution in [0.5, 0.6) is 34.5 Å². The lowest BCUT2D eigenvalue weighted by Crippen LogP contribution is -2.42. The van der Waals surface area contributed by atoms with Crippen molar-refractivity contribution in [2.75, 3.05) is 35.0 Å². The Balaban J connectivity index is 1.90. The van der Waals surface area contributed by atoms with Crippen LogP contribution >= 0.6 is 0 Å². The van der Waals surface area contributed by atoms with Crippen molar-refractivity contribution in [3.05, 3.63) is 46.0 Å². The normalized spacial score (nSPS) is 17.4. The van der Waals surface area contributed by atoms with Gasteiger partial charge >= 0.3 is 0 Å². The molecule has 0 saturated carbocycles. The van der Waals surface area contributed by atoms with E-state index >= 15 is 0 Å². The van der Waals surface area contributed by atoms with Crippen LogP contribution in [0, 0.1) is 27.4 Å². The lowest BCUT2D eigenvalue weighted by molar-refractivity contribution is -0.537. The Morgan fingerprint density at radius 1 is 1.10 bits per heavy atom. The maximum atomic E-state index is 12.0. The minimum Gasteiger partial charge on any atom is -0.493 e. The van der Waals surface area contributed by atoms with Crippen molar-refractivity contribution < 1.29 is 38.5 Å². The molecule has 1 aliphatic heterocycles. The van der Waals surface area contributed by atoms with E-state index in [9.17, 15) is 20.5 Å². The zero-order valence-corrected chi connectivity index (χ0v) is 23.1. The summed E-state index contributed by atoms with van der Waals surface area (Å²) in [5.74, 6) is 1.99. The van der Waals surface area contributed by atoms with Gasteiger partial charge in [0.2, 0.25) is 17.5 Å². The summed E-state index contributed by atoms with van der Waals surface area (Å²) in [5, 5.41) is 33.6. The van der Waals surface area contributed by atoms with Gasteiger partial charge in [-0.1, -0.05) is 26.0 Å². The van der Waals surface area contributed by atoms with Gasteiger partial charge in [-0.05, 0) is 37.0 Å². The number of benzene rings is 2. The van der Waals surface area contributed by atoms with Gasteiger partial charge in [0.05, 0.1) is 46.3 Å². The van der Waals surface area contributed by atoms with Crippen LogP contribution in [0.1, 0.15) is 38.7 Å². The van der Waals surface area contributed by atoms with Crippen LogP contribution in [0.15, 0.2) is 30.3 Å². The molecule has 2 aromatic carbocycles. The Bertz CT molecular complexity index is 1200. The number of aliphatic hydroxyl groups excluding tert-OH is 1. The molecule has 2 aromatic rings. The Hall–Kier alpha value is -3.91. The molecule has 212 valence electrons. The van der Waals surface area contributed by atoms with Gasteiger partial charge in [-0.3, -0.25) is 10.1 Å². The molecule has 1 aliphatic rings. The van der Waals surface area contributed by atoms with E-state index in [0.717, 1.165) is 0 Å². The van der Waals surface area contributed by atoms with Crippen LogP contribution in [0.3, 0.4) is 0 Å². The predicted molar refractivity (Wildman–Crippen MR) is 142 cm³/mol. The van der Waals surface area contributed by atoms with E-state index in [-0.39, 0.29) is 43.3 Å². The Kier molecular flexibility index (Phi) is 9.70. The highest BCUT2D eigenvalue weighted by atomic mass is 16.6. The highest BCUT2D eigenvalue weighted by Crippen LogP contribution is 2.52. The first kappa shape index (κ1) is 29.6. The number of rotatable bonds is 13. The second kappa shape index (κ2) is 12.8. The number of fused-ring (bicyclic) bond motifs is 1. The molecule has 39 heavy (non-hydrogen) atoms. The molecule has 4 unspecified atom stereocenters. The van der Waals surface area contributed by atoms with E-state index in [2.05, 4.69) is 6.07 Å². The molecule has 0 fully saturated rings. The predicted octanol–water partition coefficient (Wildman–Crippen LogP) is 4.15. The quantitative estimate of drug-likeness (QED) is 0.288. The number of nitrogens with zero attached hydrogens (tertiary/aromatic N) is 2. The van der Waals surface area contributed by atoms with E-state index < -0.39 is 28.6 Å². The monoisotopic (exact) mass is 544 g/mol. The number of nitriles is 1. The van der Waals surface area contributed by atoms with Crippen LogP contribution in [0.2, 0.25) is 0 Å². The molecule has 11 nitrogen and oxygen atoms in total. The molecule has 0 saturated heterocycles. The molecule has 0 spiro atoms. The van der Waals surface area contributed by atoms with E-state index in [1.807, 2.05) is 19.9 Å². The van der Waals surface area contributed by atoms with Gasteiger partial charge in [0, 0.05) is 10.5 Å². The number of aliphatic hydroxyl groups is 1. The summed E-state index contributed by atoms with van der Waals surface area (Å²) < 4.78 is 33.8. The van der Waals surface area contributed by atoms with E-state index in [1.165, 1.54) is 28.4 Å². The first-order valence-corrected chi connectivity index (χ1v) is 12.7. The van der Waals surface area contributed by atoms with Gasteiger partial charge in [-0.15, -0.1) is 0 Å². The molecule has 4 atom stereocenters. The molecule has 1 heterocycles. The molecule has 0 amide bonds. The Labute approximate surface area is 228 Å². The third-order valence-corrected chi connectivity index (χ3v) is 7.28. The summed E-state index contributed by atoms with van der Waals surface area (Å²) in [5.41, 5.74) is -0.730. The van der Waals surface area contributed by atoms with Crippen molar-refractivity contribution in [1.82, 2.24) is 0 Å². The van der Waals surface area contributed by atoms with E-state index in [1.54, 1.807) is 24.3 Å². The number of hydrogen-bond donors (Lipinski definition) is 1. The molecule has 0 radical (unpaired) electrons. The SMILES string of the molecule is COc1cc(C(C#N)(CCC(O)C(CC2COc3ccccc3O2)[N+](=O)[O-])C(C)C)c(OC)c(OC)c1OC. The van der Waals surface area contributed by atoms with Crippen molar-refractivity contribution in [3.8, 4) is 40.6 Å². The maximum absolute atomic E-state index is 12.0. The van der Waals surface area contributed by atoms with Crippen LogP contribution in [0.4, 0.5) is 0 Å². The molecule has 0 aliphatic carbocycles. The molecule has 3 rings (SSSR count). The summed E-state index contributed by atoms with van der Waals surface area (Å²) in [6, 6.07) is 9.83. The third-order valence-electron chi connectivity index (χ3n) is 7.28. The average molecular weight is 545 g/mol. The van der Waals surface area contributed by atoms with Gasteiger partial charge < -0.3 is 33.5 Å². The third kappa shape index (κ3) is 5.91. The van der Waals surface area contributed by atoms with E-state index in [0.29, 0.717) is 28.6 Å².